The van der Waals surface area contributed by atoms with Gasteiger partial charge >= 0.3 is 0 Å². The minimum atomic E-state index is -0.292. The molecule has 118 valence electrons. The first-order valence-corrected chi connectivity index (χ1v) is 7.46. The van der Waals surface area contributed by atoms with Gasteiger partial charge in [0.2, 0.25) is 11.8 Å². The van der Waals surface area contributed by atoms with Crippen LogP contribution in [0.2, 0.25) is 0 Å². The third-order valence-electron chi connectivity index (χ3n) is 3.91. The molecule has 2 aromatic heterocycles. The van der Waals surface area contributed by atoms with Gasteiger partial charge in [0.25, 0.3) is 0 Å². The topological polar surface area (TPSA) is 81.7 Å². The van der Waals surface area contributed by atoms with Gasteiger partial charge < -0.3 is 9.73 Å². The van der Waals surface area contributed by atoms with Crippen molar-refractivity contribution in [2.24, 2.45) is 0 Å². The summed E-state index contributed by atoms with van der Waals surface area (Å²) in [5.74, 6) is 1.64. The van der Waals surface area contributed by atoms with Crippen molar-refractivity contribution in [3.8, 4) is 11.5 Å². The van der Waals surface area contributed by atoms with E-state index in [9.17, 15) is 4.39 Å². The van der Waals surface area contributed by atoms with Crippen molar-refractivity contribution in [1.82, 2.24) is 30.3 Å². The lowest BCUT2D eigenvalue weighted by Gasteiger charge is -2.22. The van der Waals surface area contributed by atoms with Gasteiger partial charge in [0.1, 0.15) is 18.0 Å². The Bertz CT molecular complexity index is 796. The van der Waals surface area contributed by atoms with Gasteiger partial charge in [-0.05, 0) is 30.7 Å². The Labute approximate surface area is 131 Å². The highest BCUT2D eigenvalue weighted by Gasteiger charge is 2.20. The normalized spacial score (nSPS) is 17.2. The van der Waals surface area contributed by atoms with E-state index < -0.39 is 0 Å². The van der Waals surface area contributed by atoms with Crippen molar-refractivity contribution < 1.29 is 8.81 Å². The van der Waals surface area contributed by atoms with Gasteiger partial charge in [-0.1, -0.05) is 0 Å². The first-order valence-electron chi connectivity index (χ1n) is 7.46. The van der Waals surface area contributed by atoms with Gasteiger partial charge in [0, 0.05) is 18.0 Å². The number of aromatic nitrogens is 5. The van der Waals surface area contributed by atoms with Crippen LogP contribution < -0.4 is 5.32 Å². The molecule has 4 rings (SSSR count). The summed E-state index contributed by atoms with van der Waals surface area (Å²) in [6.07, 6.45) is 3.49. The van der Waals surface area contributed by atoms with Gasteiger partial charge in [0.05, 0.1) is 13.1 Å². The molecule has 0 fully saturated rings. The molecule has 1 aliphatic rings. The maximum Gasteiger partial charge on any atom is 0.247 e. The lowest BCUT2D eigenvalue weighted by Crippen LogP contribution is -2.37. The minimum Gasteiger partial charge on any atom is -0.419 e. The number of rotatable bonds is 4. The molecule has 0 amide bonds. The summed E-state index contributed by atoms with van der Waals surface area (Å²) in [4.78, 5) is 4.21. The van der Waals surface area contributed by atoms with Crippen LogP contribution in [0.5, 0.6) is 0 Å². The van der Waals surface area contributed by atoms with Gasteiger partial charge in [-0.3, -0.25) is 0 Å². The van der Waals surface area contributed by atoms with E-state index in [1.54, 1.807) is 18.5 Å². The number of hydrogen-bond donors (Lipinski definition) is 1. The molecule has 1 atom stereocenters. The molecule has 3 aromatic rings. The van der Waals surface area contributed by atoms with Crippen LogP contribution in [0.1, 0.15) is 18.1 Å². The highest BCUT2D eigenvalue weighted by molar-refractivity contribution is 5.51. The molecule has 3 heterocycles. The van der Waals surface area contributed by atoms with Crippen LogP contribution in [0.15, 0.2) is 35.0 Å². The quantitative estimate of drug-likeness (QED) is 0.787. The molecular weight excluding hydrogens is 299 g/mol. The molecule has 23 heavy (non-hydrogen) atoms. The summed E-state index contributed by atoms with van der Waals surface area (Å²) in [6.45, 7) is 1.27. The smallest absolute Gasteiger partial charge is 0.247 e. The van der Waals surface area contributed by atoms with Gasteiger partial charge in [0.15, 0.2) is 0 Å². The van der Waals surface area contributed by atoms with Crippen LogP contribution in [0, 0.1) is 5.82 Å². The molecule has 0 saturated carbocycles. The SMILES string of the molecule is Fc1ccc(-c2nnc(CN[C@@H]3CCc4ncnn4C3)o2)cc1. The summed E-state index contributed by atoms with van der Waals surface area (Å²) < 4.78 is 20.5. The van der Waals surface area contributed by atoms with Gasteiger partial charge in [-0.2, -0.15) is 5.10 Å². The zero-order valence-corrected chi connectivity index (χ0v) is 12.3. The Morgan fingerprint density at radius 2 is 2.13 bits per heavy atom. The molecule has 8 heteroatoms. The molecule has 1 aliphatic heterocycles. The first kappa shape index (κ1) is 14.0. The number of nitrogens with one attached hydrogen (secondary N) is 1. The van der Waals surface area contributed by atoms with Crippen LogP contribution in [0.25, 0.3) is 11.5 Å². The largest absolute Gasteiger partial charge is 0.419 e. The lowest BCUT2D eigenvalue weighted by molar-refractivity contribution is 0.342. The van der Waals surface area contributed by atoms with E-state index in [1.807, 2.05) is 4.68 Å². The Morgan fingerprint density at radius 1 is 1.26 bits per heavy atom. The highest BCUT2D eigenvalue weighted by Crippen LogP contribution is 2.18. The minimum absolute atomic E-state index is 0.292. The number of halogens is 1. The van der Waals surface area contributed by atoms with E-state index in [4.69, 9.17) is 4.42 Å². The van der Waals surface area contributed by atoms with Crippen molar-refractivity contribution in [2.45, 2.75) is 32.0 Å². The van der Waals surface area contributed by atoms with Crippen LogP contribution in [-0.4, -0.2) is 31.0 Å². The average molecular weight is 314 g/mol. The lowest BCUT2D eigenvalue weighted by atomic mass is 10.1. The van der Waals surface area contributed by atoms with E-state index >= 15 is 0 Å². The molecule has 0 saturated heterocycles. The fraction of sp³-hybridized carbons (Fsp3) is 0.333. The zero-order chi connectivity index (χ0) is 15.6. The number of fused-ring (bicyclic) bond motifs is 1. The van der Waals surface area contributed by atoms with Crippen LogP contribution in [-0.2, 0) is 19.5 Å². The third-order valence-corrected chi connectivity index (χ3v) is 3.91. The van der Waals surface area contributed by atoms with Crippen molar-refractivity contribution >= 4 is 0 Å². The molecule has 1 N–H and O–H groups in total. The third kappa shape index (κ3) is 2.98. The van der Waals surface area contributed by atoms with Crippen molar-refractivity contribution in [3.63, 3.8) is 0 Å². The molecule has 7 nitrogen and oxygen atoms in total. The molecular formula is C15H15FN6O. The van der Waals surface area contributed by atoms with Gasteiger partial charge in [-0.15, -0.1) is 10.2 Å². The summed E-state index contributed by atoms with van der Waals surface area (Å²) in [6, 6.07) is 6.27. The number of nitrogens with zero attached hydrogens (tertiary/aromatic N) is 5. The number of aryl methyl sites for hydroxylation is 1. The van der Waals surface area contributed by atoms with Crippen LogP contribution >= 0.6 is 0 Å². The standard InChI is InChI=1S/C15H15FN6O/c16-11-3-1-10(2-4-11)15-21-20-14(23-15)7-17-12-5-6-13-18-9-19-22(13)8-12/h1-4,9,12,17H,5-8H2/t12-/m1/s1. The Kier molecular flexibility index (Phi) is 3.58. The molecule has 0 radical (unpaired) electrons. The zero-order valence-electron chi connectivity index (χ0n) is 12.3. The van der Waals surface area contributed by atoms with E-state index in [2.05, 4.69) is 25.6 Å². The van der Waals surface area contributed by atoms with Crippen LogP contribution in [0.3, 0.4) is 0 Å². The second kappa shape index (κ2) is 5.88. The first-order chi connectivity index (χ1) is 11.3. The van der Waals surface area contributed by atoms with Crippen molar-refractivity contribution in [1.29, 1.82) is 0 Å². The second-order valence-corrected chi connectivity index (χ2v) is 5.48. The Hall–Kier alpha value is -2.61. The summed E-state index contributed by atoms with van der Waals surface area (Å²) in [7, 11) is 0. The van der Waals surface area contributed by atoms with Gasteiger partial charge in [-0.25, -0.2) is 14.1 Å². The van der Waals surface area contributed by atoms with Crippen LogP contribution in [0.4, 0.5) is 4.39 Å². The second-order valence-electron chi connectivity index (χ2n) is 5.48. The maximum atomic E-state index is 12.9. The molecule has 1 aromatic carbocycles. The Balaban J connectivity index is 1.38. The summed E-state index contributed by atoms with van der Waals surface area (Å²) in [5, 5.41) is 15.6. The van der Waals surface area contributed by atoms with E-state index in [0.29, 0.717) is 29.9 Å². The fourth-order valence-corrected chi connectivity index (χ4v) is 2.67. The summed E-state index contributed by atoms with van der Waals surface area (Å²) in [5.41, 5.74) is 0.704. The summed E-state index contributed by atoms with van der Waals surface area (Å²) >= 11 is 0. The maximum absolute atomic E-state index is 12.9. The van der Waals surface area contributed by atoms with E-state index in [0.717, 1.165) is 25.2 Å². The predicted octanol–water partition coefficient (Wildman–Crippen LogP) is 1.57. The molecule has 0 spiro atoms. The average Bonchev–Trinajstić information content (AvgIpc) is 3.22. The van der Waals surface area contributed by atoms with Crippen molar-refractivity contribution in [2.75, 3.05) is 0 Å². The molecule has 0 unspecified atom stereocenters. The number of hydrogen-bond acceptors (Lipinski definition) is 6. The Morgan fingerprint density at radius 3 is 3.00 bits per heavy atom. The molecule has 0 bridgehead atoms. The van der Waals surface area contributed by atoms with E-state index in [-0.39, 0.29) is 5.82 Å². The fourth-order valence-electron chi connectivity index (χ4n) is 2.67. The monoisotopic (exact) mass is 314 g/mol. The van der Waals surface area contributed by atoms with E-state index in [1.165, 1.54) is 12.1 Å². The van der Waals surface area contributed by atoms with Crippen molar-refractivity contribution in [3.05, 3.63) is 48.1 Å². The number of benzene rings is 1. The predicted molar refractivity (Wildman–Crippen MR) is 78.7 cm³/mol. The highest BCUT2D eigenvalue weighted by atomic mass is 19.1. The molecule has 0 aliphatic carbocycles.